The molecular formula is C23H23N3O4S. The molecule has 0 aliphatic carbocycles. The summed E-state index contributed by atoms with van der Waals surface area (Å²) in [5.74, 6) is 1.31. The van der Waals surface area contributed by atoms with E-state index in [9.17, 15) is 13.2 Å². The van der Waals surface area contributed by atoms with Crippen LogP contribution in [0.1, 0.15) is 12.8 Å². The van der Waals surface area contributed by atoms with Crippen LogP contribution in [-0.2, 0) is 10.0 Å². The maximum absolute atomic E-state index is 12.7. The zero-order valence-corrected chi connectivity index (χ0v) is 17.6. The minimum Gasteiger partial charge on any atom is -0.457 e. The maximum atomic E-state index is 12.7. The Balaban J connectivity index is 1.38. The molecule has 1 saturated heterocycles. The first-order chi connectivity index (χ1) is 15.0. The molecule has 0 radical (unpaired) electrons. The molecule has 8 heteroatoms. The van der Waals surface area contributed by atoms with Crippen LogP contribution < -0.4 is 14.8 Å². The van der Waals surface area contributed by atoms with Crippen LogP contribution in [0, 0.1) is 0 Å². The van der Waals surface area contributed by atoms with Crippen LogP contribution in [0.3, 0.4) is 0 Å². The number of hydrogen-bond donors (Lipinski definition) is 2. The van der Waals surface area contributed by atoms with E-state index in [2.05, 4.69) is 10.0 Å². The number of anilines is 2. The SMILES string of the molecule is O=C(Nc1ccc(S(=O)(=O)Nc2ccc(Oc3ccccc3)cc2)cc1)N1CCCC1. The highest BCUT2D eigenvalue weighted by atomic mass is 32.2. The molecular weight excluding hydrogens is 414 g/mol. The summed E-state index contributed by atoms with van der Waals surface area (Å²) in [4.78, 5) is 14.0. The molecule has 160 valence electrons. The highest BCUT2D eigenvalue weighted by Crippen LogP contribution is 2.24. The first-order valence-corrected chi connectivity index (χ1v) is 11.5. The van der Waals surface area contributed by atoms with E-state index in [0.29, 0.717) is 22.9 Å². The molecule has 0 saturated carbocycles. The Bertz CT molecular complexity index is 1130. The molecule has 1 aliphatic rings. The van der Waals surface area contributed by atoms with Crippen LogP contribution >= 0.6 is 0 Å². The number of hydrogen-bond acceptors (Lipinski definition) is 4. The number of nitrogens with one attached hydrogen (secondary N) is 2. The van der Waals surface area contributed by atoms with Crippen molar-refractivity contribution < 1.29 is 17.9 Å². The molecule has 3 aromatic rings. The van der Waals surface area contributed by atoms with Gasteiger partial charge in [-0.05, 0) is 73.5 Å². The number of nitrogens with zero attached hydrogens (tertiary/aromatic N) is 1. The van der Waals surface area contributed by atoms with E-state index < -0.39 is 10.0 Å². The lowest BCUT2D eigenvalue weighted by atomic mass is 10.3. The van der Waals surface area contributed by atoms with E-state index in [1.807, 2.05) is 30.3 Å². The van der Waals surface area contributed by atoms with E-state index in [4.69, 9.17) is 4.74 Å². The molecule has 0 bridgehead atoms. The molecule has 7 nitrogen and oxygen atoms in total. The van der Waals surface area contributed by atoms with Gasteiger partial charge in [-0.3, -0.25) is 4.72 Å². The van der Waals surface area contributed by atoms with Crippen molar-refractivity contribution in [1.82, 2.24) is 4.90 Å². The van der Waals surface area contributed by atoms with Crippen molar-refractivity contribution in [3.63, 3.8) is 0 Å². The third-order valence-electron chi connectivity index (χ3n) is 4.89. The molecule has 1 heterocycles. The second-order valence-electron chi connectivity index (χ2n) is 7.19. The smallest absolute Gasteiger partial charge is 0.321 e. The summed E-state index contributed by atoms with van der Waals surface area (Å²) >= 11 is 0. The fraction of sp³-hybridized carbons (Fsp3) is 0.174. The third-order valence-corrected chi connectivity index (χ3v) is 6.29. The first kappa shape index (κ1) is 20.7. The molecule has 1 fully saturated rings. The van der Waals surface area contributed by atoms with Crippen molar-refractivity contribution in [2.75, 3.05) is 23.1 Å². The van der Waals surface area contributed by atoms with Crippen LogP contribution in [0.15, 0.2) is 83.8 Å². The standard InChI is InChI=1S/C23H23N3O4S/c27-23(26-16-4-5-17-26)24-18-10-14-22(15-11-18)31(28,29)25-19-8-12-21(13-9-19)30-20-6-2-1-3-7-20/h1-3,6-15,25H,4-5,16-17H2,(H,24,27). The van der Waals surface area contributed by atoms with Gasteiger partial charge in [0.15, 0.2) is 0 Å². The lowest BCUT2D eigenvalue weighted by Gasteiger charge is -2.16. The van der Waals surface area contributed by atoms with Gasteiger partial charge in [0.25, 0.3) is 10.0 Å². The number of ether oxygens (including phenoxy) is 1. The van der Waals surface area contributed by atoms with Crippen molar-refractivity contribution in [3.8, 4) is 11.5 Å². The number of carbonyl (C=O) groups excluding carboxylic acids is 1. The van der Waals surface area contributed by atoms with E-state index in [1.54, 1.807) is 41.3 Å². The number of carbonyl (C=O) groups is 1. The van der Waals surface area contributed by atoms with Gasteiger partial charge in [-0.25, -0.2) is 13.2 Å². The van der Waals surface area contributed by atoms with Gasteiger partial charge in [-0.15, -0.1) is 0 Å². The Hall–Kier alpha value is -3.52. The Morgan fingerprint density at radius 3 is 2.00 bits per heavy atom. The van der Waals surface area contributed by atoms with Crippen molar-refractivity contribution >= 4 is 27.4 Å². The normalized spacial score (nSPS) is 13.6. The fourth-order valence-corrected chi connectivity index (χ4v) is 4.33. The van der Waals surface area contributed by atoms with Crippen LogP contribution in [0.2, 0.25) is 0 Å². The molecule has 2 N–H and O–H groups in total. The summed E-state index contributed by atoms with van der Waals surface area (Å²) in [6.07, 6.45) is 2.02. The van der Waals surface area contributed by atoms with E-state index in [0.717, 1.165) is 25.9 Å². The number of amides is 2. The monoisotopic (exact) mass is 437 g/mol. The van der Waals surface area contributed by atoms with Crippen molar-refractivity contribution in [2.24, 2.45) is 0 Å². The first-order valence-electron chi connectivity index (χ1n) is 10.0. The summed E-state index contributed by atoms with van der Waals surface area (Å²) in [5.41, 5.74) is 0.977. The molecule has 2 amide bonds. The van der Waals surface area contributed by atoms with Gasteiger partial charge in [-0.1, -0.05) is 18.2 Å². The number of benzene rings is 3. The average Bonchev–Trinajstić information content (AvgIpc) is 3.31. The molecule has 4 rings (SSSR count). The third kappa shape index (κ3) is 5.35. The molecule has 3 aromatic carbocycles. The van der Waals surface area contributed by atoms with Crippen LogP contribution in [0.5, 0.6) is 11.5 Å². The topological polar surface area (TPSA) is 87.7 Å². The summed E-state index contributed by atoms with van der Waals surface area (Å²) in [6, 6.07) is 21.9. The van der Waals surface area contributed by atoms with Gasteiger partial charge in [0.2, 0.25) is 0 Å². The summed E-state index contributed by atoms with van der Waals surface area (Å²) in [6.45, 7) is 1.49. The Kier molecular flexibility index (Phi) is 6.08. The molecule has 0 atom stereocenters. The van der Waals surface area contributed by atoms with E-state index >= 15 is 0 Å². The molecule has 31 heavy (non-hydrogen) atoms. The average molecular weight is 438 g/mol. The maximum Gasteiger partial charge on any atom is 0.321 e. The van der Waals surface area contributed by atoms with Crippen molar-refractivity contribution in [1.29, 1.82) is 0 Å². The van der Waals surface area contributed by atoms with Gasteiger partial charge in [0.05, 0.1) is 4.90 Å². The number of likely N-dealkylation sites (tertiary alicyclic amines) is 1. The van der Waals surface area contributed by atoms with Gasteiger partial charge >= 0.3 is 6.03 Å². The second-order valence-corrected chi connectivity index (χ2v) is 8.88. The Morgan fingerprint density at radius 2 is 1.35 bits per heavy atom. The van der Waals surface area contributed by atoms with Gasteiger partial charge < -0.3 is 15.0 Å². The zero-order chi connectivity index (χ0) is 21.7. The van der Waals surface area contributed by atoms with Gasteiger partial charge in [0, 0.05) is 24.5 Å². The van der Waals surface area contributed by atoms with Crippen molar-refractivity contribution in [2.45, 2.75) is 17.7 Å². The quantitative estimate of drug-likeness (QED) is 0.574. The highest BCUT2D eigenvalue weighted by Gasteiger charge is 2.18. The van der Waals surface area contributed by atoms with Crippen LogP contribution in [-0.4, -0.2) is 32.4 Å². The largest absolute Gasteiger partial charge is 0.457 e. The van der Waals surface area contributed by atoms with Crippen molar-refractivity contribution in [3.05, 3.63) is 78.9 Å². The minimum atomic E-state index is -3.76. The number of rotatable bonds is 6. The molecule has 0 spiro atoms. The fourth-order valence-electron chi connectivity index (χ4n) is 3.27. The second kappa shape index (κ2) is 9.09. The molecule has 1 aliphatic heterocycles. The number of para-hydroxylation sites is 1. The van der Waals surface area contributed by atoms with Gasteiger partial charge in [0.1, 0.15) is 11.5 Å². The predicted octanol–water partition coefficient (Wildman–Crippen LogP) is 4.91. The van der Waals surface area contributed by atoms with Gasteiger partial charge in [-0.2, -0.15) is 0 Å². The number of sulfonamides is 1. The van der Waals surface area contributed by atoms with E-state index in [1.165, 1.54) is 12.1 Å². The van der Waals surface area contributed by atoms with Crippen LogP contribution in [0.25, 0.3) is 0 Å². The number of urea groups is 1. The Labute approximate surface area is 181 Å². The molecule has 0 aromatic heterocycles. The Morgan fingerprint density at radius 1 is 0.774 bits per heavy atom. The lowest BCUT2D eigenvalue weighted by Crippen LogP contribution is -2.32. The van der Waals surface area contributed by atoms with Crippen LogP contribution in [0.4, 0.5) is 16.2 Å². The van der Waals surface area contributed by atoms with E-state index in [-0.39, 0.29) is 10.9 Å². The minimum absolute atomic E-state index is 0.108. The summed E-state index contributed by atoms with van der Waals surface area (Å²) < 4.78 is 33.6. The zero-order valence-electron chi connectivity index (χ0n) is 16.8. The predicted molar refractivity (Wildman–Crippen MR) is 120 cm³/mol. The molecule has 0 unspecified atom stereocenters. The summed E-state index contributed by atoms with van der Waals surface area (Å²) in [7, 11) is -3.76. The highest BCUT2D eigenvalue weighted by molar-refractivity contribution is 7.92. The summed E-state index contributed by atoms with van der Waals surface area (Å²) in [5, 5.41) is 2.80. The lowest BCUT2D eigenvalue weighted by molar-refractivity contribution is 0.222.